The van der Waals surface area contributed by atoms with Crippen LogP contribution in [0.4, 0.5) is 0 Å². The molecular weight excluding hydrogens is 328 g/mol. The molecule has 2 aromatic carbocycles. The summed E-state index contributed by atoms with van der Waals surface area (Å²) in [5.41, 5.74) is 2.72. The molecular formula is C21H22N2O3. The van der Waals surface area contributed by atoms with E-state index in [1.54, 1.807) is 7.11 Å². The second kappa shape index (κ2) is 7.20. The van der Waals surface area contributed by atoms with E-state index in [0.717, 1.165) is 54.2 Å². The molecule has 0 unspecified atom stereocenters. The van der Waals surface area contributed by atoms with Gasteiger partial charge in [0.05, 0.1) is 13.5 Å². The highest BCUT2D eigenvalue weighted by atomic mass is 16.5. The van der Waals surface area contributed by atoms with Crippen LogP contribution in [0.15, 0.2) is 52.9 Å². The largest absolute Gasteiger partial charge is 0.497 e. The fourth-order valence-electron chi connectivity index (χ4n) is 3.51. The second-order valence-corrected chi connectivity index (χ2v) is 6.70. The number of likely N-dealkylation sites (tertiary alicyclic amines) is 1. The van der Waals surface area contributed by atoms with Crippen LogP contribution in [0.1, 0.15) is 30.2 Å². The number of para-hydroxylation sites is 2. The van der Waals surface area contributed by atoms with Gasteiger partial charge in [-0.3, -0.25) is 4.79 Å². The number of piperidine rings is 1. The number of benzene rings is 2. The predicted octanol–water partition coefficient (Wildman–Crippen LogP) is 3.79. The van der Waals surface area contributed by atoms with Gasteiger partial charge in [-0.05, 0) is 42.7 Å². The molecule has 0 aliphatic carbocycles. The first kappa shape index (κ1) is 16.6. The lowest BCUT2D eigenvalue weighted by atomic mass is 9.96. The lowest BCUT2D eigenvalue weighted by Crippen LogP contribution is -2.38. The van der Waals surface area contributed by atoms with E-state index in [2.05, 4.69) is 4.98 Å². The number of oxazole rings is 1. The lowest BCUT2D eigenvalue weighted by Gasteiger charge is -2.30. The third-order valence-electron chi connectivity index (χ3n) is 5.00. The summed E-state index contributed by atoms with van der Waals surface area (Å²) in [7, 11) is 1.64. The van der Waals surface area contributed by atoms with Crippen molar-refractivity contribution < 1.29 is 13.9 Å². The van der Waals surface area contributed by atoms with E-state index in [-0.39, 0.29) is 11.8 Å². The molecule has 1 amide bonds. The minimum Gasteiger partial charge on any atom is -0.497 e. The van der Waals surface area contributed by atoms with Crippen LogP contribution in [0.5, 0.6) is 5.75 Å². The van der Waals surface area contributed by atoms with Crippen LogP contribution in [-0.2, 0) is 11.2 Å². The van der Waals surface area contributed by atoms with E-state index in [1.807, 2.05) is 53.4 Å². The number of carbonyl (C=O) groups excluding carboxylic acids is 1. The van der Waals surface area contributed by atoms with Crippen LogP contribution < -0.4 is 4.74 Å². The minimum atomic E-state index is 0.161. The Morgan fingerprint density at radius 2 is 2.00 bits per heavy atom. The molecule has 1 saturated heterocycles. The number of fused-ring (bicyclic) bond motifs is 1. The van der Waals surface area contributed by atoms with E-state index >= 15 is 0 Å². The van der Waals surface area contributed by atoms with Crippen molar-refractivity contribution in [2.45, 2.75) is 25.2 Å². The van der Waals surface area contributed by atoms with Gasteiger partial charge in [0, 0.05) is 19.0 Å². The van der Waals surface area contributed by atoms with Gasteiger partial charge in [-0.1, -0.05) is 24.3 Å². The maximum Gasteiger partial charge on any atom is 0.226 e. The smallest absolute Gasteiger partial charge is 0.226 e. The molecule has 0 spiro atoms. The maximum absolute atomic E-state index is 12.6. The van der Waals surface area contributed by atoms with Gasteiger partial charge in [-0.25, -0.2) is 4.98 Å². The highest BCUT2D eigenvalue weighted by Gasteiger charge is 2.27. The topological polar surface area (TPSA) is 55.6 Å². The lowest BCUT2D eigenvalue weighted by molar-refractivity contribution is -0.131. The summed E-state index contributed by atoms with van der Waals surface area (Å²) in [5.74, 6) is 2.02. The summed E-state index contributed by atoms with van der Waals surface area (Å²) in [6, 6.07) is 15.5. The Balaban J connectivity index is 1.37. The maximum atomic E-state index is 12.6. The van der Waals surface area contributed by atoms with E-state index in [1.165, 1.54) is 0 Å². The summed E-state index contributed by atoms with van der Waals surface area (Å²) < 4.78 is 11.1. The zero-order valence-electron chi connectivity index (χ0n) is 14.9. The van der Waals surface area contributed by atoms with Crippen molar-refractivity contribution >= 4 is 17.0 Å². The summed E-state index contributed by atoms with van der Waals surface area (Å²) >= 11 is 0. The molecule has 1 fully saturated rings. The van der Waals surface area contributed by atoms with Gasteiger partial charge in [0.2, 0.25) is 5.91 Å². The van der Waals surface area contributed by atoms with Crippen LogP contribution >= 0.6 is 0 Å². The second-order valence-electron chi connectivity index (χ2n) is 6.70. The van der Waals surface area contributed by atoms with Gasteiger partial charge in [0.15, 0.2) is 11.5 Å². The van der Waals surface area contributed by atoms with E-state index in [9.17, 15) is 4.79 Å². The fraction of sp³-hybridized carbons (Fsp3) is 0.333. The Bertz CT molecular complexity index is 877. The third-order valence-corrected chi connectivity index (χ3v) is 5.00. The number of nitrogens with zero attached hydrogens (tertiary/aromatic N) is 2. The minimum absolute atomic E-state index is 0.161. The Labute approximate surface area is 152 Å². The van der Waals surface area contributed by atoms with Crippen molar-refractivity contribution in [3.63, 3.8) is 0 Å². The number of hydrogen-bond donors (Lipinski definition) is 0. The number of carbonyl (C=O) groups is 1. The standard InChI is InChI=1S/C21H22N2O3/c1-25-17-6-4-5-15(13-17)14-20(24)23-11-9-16(10-12-23)21-22-18-7-2-3-8-19(18)26-21/h2-8,13,16H,9-12,14H2,1H3. The number of hydrogen-bond acceptors (Lipinski definition) is 4. The highest BCUT2D eigenvalue weighted by molar-refractivity contribution is 5.79. The highest BCUT2D eigenvalue weighted by Crippen LogP contribution is 2.30. The number of aromatic nitrogens is 1. The average molecular weight is 350 g/mol. The Morgan fingerprint density at radius 3 is 2.77 bits per heavy atom. The van der Waals surface area contributed by atoms with Crippen molar-refractivity contribution in [3.8, 4) is 5.75 Å². The molecule has 2 heterocycles. The number of ether oxygens (including phenoxy) is 1. The molecule has 1 aliphatic rings. The number of rotatable bonds is 4. The van der Waals surface area contributed by atoms with Crippen LogP contribution in [0.3, 0.4) is 0 Å². The monoisotopic (exact) mass is 350 g/mol. The number of amides is 1. The quantitative estimate of drug-likeness (QED) is 0.718. The zero-order chi connectivity index (χ0) is 17.9. The predicted molar refractivity (Wildman–Crippen MR) is 99.3 cm³/mol. The van der Waals surface area contributed by atoms with Gasteiger partial charge >= 0.3 is 0 Å². The van der Waals surface area contributed by atoms with Gasteiger partial charge in [0.1, 0.15) is 11.3 Å². The van der Waals surface area contributed by atoms with E-state index < -0.39 is 0 Å². The van der Waals surface area contributed by atoms with Crippen molar-refractivity contribution in [2.75, 3.05) is 20.2 Å². The molecule has 5 heteroatoms. The molecule has 1 aromatic heterocycles. The van der Waals surface area contributed by atoms with Crippen LogP contribution in [-0.4, -0.2) is 36.0 Å². The number of methoxy groups -OCH3 is 1. The third kappa shape index (κ3) is 3.43. The molecule has 4 rings (SSSR count). The molecule has 5 nitrogen and oxygen atoms in total. The van der Waals surface area contributed by atoms with Gasteiger partial charge < -0.3 is 14.1 Å². The van der Waals surface area contributed by atoms with Gasteiger partial charge in [0.25, 0.3) is 0 Å². The molecule has 0 N–H and O–H groups in total. The molecule has 134 valence electrons. The average Bonchev–Trinajstić information content (AvgIpc) is 3.12. The molecule has 3 aromatic rings. The molecule has 0 atom stereocenters. The van der Waals surface area contributed by atoms with Crippen LogP contribution in [0.25, 0.3) is 11.1 Å². The molecule has 0 saturated carbocycles. The first-order valence-corrected chi connectivity index (χ1v) is 8.99. The van der Waals surface area contributed by atoms with E-state index in [0.29, 0.717) is 6.42 Å². The summed E-state index contributed by atoms with van der Waals surface area (Å²) in [6.45, 7) is 1.48. The molecule has 0 bridgehead atoms. The van der Waals surface area contributed by atoms with Crippen LogP contribution in [0, 0.1) is 0 Å². The summed E-state index contributed by atoms with van der Waals surface area (Å²) in [4.78, 5) is 19.1. The first-order valence-electron chi connectivity index (χ1n) is 8.99. The van der Waals surface area contributed by atoms with Crippen molar-refractivity contribution in [3.05, 3.63) is 60.0 Å². The Morgan fingerprint density at radius 1 is 1.19 bits per heavy atom. The summed E-state index contributed by atoms with van der Waals surface area (Å²) in [6.07, 6.45) is 2.18. The first-order chi connectivity index (χ1) is 12.7. The molecule has 26 heavy (non-hydrogen) atoms. The van der Waals surface area contributed by atoms with Crippen molar-refractivity contribution in [1.82, 2.24) is 9.88 Å². The van der Waals surface area contributed by atoms with E-state index in [4.69, 9.17) is 9.15 Å². The normalized spacial score (nSPS) is 15.3. The molecule has 1 aliphatic heterocycles. The van der Waals surface area contributed by atoms with Gasteiger partial charge in [-0.15, -0.1) is 0 Å². The molecule has 0 radical (unpaired) electrons. The Hall–Kier alpha value is -2.82. The Kier molecular flexibility index (Phi) is 4.61. The SMILES string of the molecule is COc1cccc(CC(=O)N2CCC(c3nc4ccccc4o3)CC2)c1. The fourth-order valence-corrected chi connectivity index (χ4v) is 3.51. The summed E-state index contributed by atoms with van der Waals surface area (Å²) in [5, 5.41) is 0. The van der Waals surface area contributed by atoms with Crippen LogP contribution in [0.2, 0.25) is 0 Å². The van der Waals surface area contributed by atoms with Crippen molar-refractivity contribution in [1.29, 1.82) is 0 Å². The van der Waals surface area contributed by atoms with Crippen molar-refractivity contribution in [2.24, 2.45) is 0 Å². The van der Waals surface area contributed by atoms with Gasteiger partial charge in [-0.2, -0.15) is 0 Å². The zero-order valence-corrected chi connectivity index (χ0v) is 14.9.